The van der Waals surface area contributed by atoms with Gasteiger partial charge in [0.1, 0.15) is 0 Å². The second kappa shape index (κ2) is 6.37. The van der Waals surface area contributed by atoms with Crippen LogP contribution in [0.25, 0.3) is 0 Å². The average Bonchev–Trinajstić information content (AvgIpc) is 2.27. The van der Waals surface area contributed by atoms with E-state index in [0.717, 1.165) is 12.2 Å². The summed E-state index contributed by atoms with van der Waals surface area (Å²) in [6, 6.07) is 7.87. The van der Waals surface area contributed by atoms with E-state index in [-0.39, 0.29) is 11.8 Å². The van der Waals surface area contributed by atoms with Crippen LogP contribution in [0.4, 0.5) is 5.69 Å². The van der Waals surface area contributed by atoms with Crippen molar-refractivity contribution in [1.82, 2.24) is 4.90 Å². The molecule has 17 heavy (non-hydrogen) atoms. The number of hydrogen-bond acceptors (Lipinski definition) is 3. The van der Waals surface area contributed by atoms with Gasteiger partial charge in [0.25, 0.3) is 0 Å². The van der Waals surface area contributed by atoms with E-state index < -0.39 is 0 Å². The molecule has 0 bridgehead atoms. The molecule has 0 spiro atoms. The van der Waals surface area contributed by atoms with Gasteiger partial charge in [0, 0.05) is 24.7 Å². The zero-order chi connectivity index (χ0) is 12.8. The predicted molar refractivity (Wildman–Crippen MR) is 70.7 cm³/mol. The van der Waals surface area contributed by atoms with Crippen LogP contribution in [-0.2, 0) is 11.3 Å². The molecular formula is C13H21N3O. The molecule has 1 aromatic rings. The molecule has 0 radical (unpaired) electrons. The number of nitrogens with zero attached hydrogens (tertiary/aromatic N) is 1. The Kier molecular flexibility index (Phi) is 5.12. The molecule has 1 amide bonds. The highest BCUT2D eigenvalue weighted by atomic mass is 16.1. The molecule has 1 unspecified atom stereocenters. The van der Waals surface area contributed by atoms with Gasteiger partial charge in [-0.15, -0.1) is 0 Å². The summed E-state index contributed by atoms with van der Waals surface area (Å²) in [6.07, 6.45) is 0. The lowest BCUT2D eigenvalue weighted by molar-refractivity contribution is -0.119. The zero-order valence-electron chi connectivity index (χ0n) is 10.7. The maximum Gasteiger partial charge on any atom is 0.228 e. The summed E-state index contributed by atoms with van der Waals surface area (Å²) in [7, 11) is 4.03. The van der Waals surface area contributed by atoms with Crippen LogP contribution < -0.4 is 11.1 Å². The Morgan fingerprint density at radius 3 is 2.76 bits per heavy atom. The molecule has 0 aliphatic carbocycles. The maximum absolute atomic E-state index is 11.7. The number of rotatable bonds is 5. The number of amides is 1. The van der Waals surface area contributed by atoms with E-state index in [1.807, 2.05) is 45.3 Å². The molecule has 4 heteroatoms. The van der Waals surface area contributed by atoms with E-state index in [2.05, 4.69) is 10.2 Å². The van der Waals surface area contributed by atoms with E-state index in [4.69, 9.17) is 5.73 Å². The van der Waals surface area contributed by atoms with E-state index in [9.17, 15) is 4.79 Å². The zero-order valence-corrected chi connectivity index (χ0v) is 10.7. The van der Waals surface area contributed by atoms with Crippen molar-refractivity contribution in [3.8, 4) is 0 Å². The number of hydrogen-bond donors (Lipinski definition) is 2. The van der Waals surface area contributed by atoms with Crippen LogP contribution >= 0.6 is 0 Å². The SMILES string of the molecule is CC(CN)C(=O)Nc1cccc(CN(C)C)c1. The molecule has 0 aliphatic rings. The topological polar surface area (TPSA) is 58.4 Å². The molecule has 3 N–H and O–H groups in total. The van der Waals surface area contributed by atoms with Crippen LogP contribution in [0.3, 0.4) is 0 Å². The highest BCUT2D eigenvalue weighted by molar-refractivity contribution is 5.92. The largest absolute Gasteiger partial charge is 0.330 e. The molecule has 0 heterocycles. The summed E-state index contributed by atoms with van der Waals surface area (Å²) in [5.74, 6) is -0.193. The Morgan fingerprint density at radius 2 is 2.18 bits per heavy atom. The quantitative estimate of drug-likeness (QED) is 0.808. The number of carbonyl (C=O) groups excluding carboxylic acids is 1. The van der Waals surface area contributed by atoms with Crippen molar-refractivity contribution in [3.63, 3.8) is 0 Å². The fourth-order valence-corrected chi connectivity index (χ4v) is 1.49. The van der Waals surface area contributed by atoms with Gasteiger partial charge in [0.05, 0.1) is 0 Å². The minimum Gasteiger partial charge on any atom is -0.330 e. The van der Waals surface area contributed by atoms with Crippen molar-refractivity contribution in [2.45, 2.75) is 13.5 Å². The smallest absolute Gasteiger partial charge is 0.228 e. The lowest BCUT2D eigenvalue weighted by Gasteiger charge is -2.13. The summed E-state index contributed by atoms with van der Waals surface area (Å²) in [5, 5.41) is 2.87. The molecule has 1 aromatic carbocycles. The van der Waals surface area contributed by atoms with Crippen molar-refractivity contribution in [2.75, 3.05) is 26.0 Å². The van der Waals surface area contributed by atoms with Gasteiger partial charge >= 0.3 is 0 Å². The molecule has 1 rings (SSSR count). The molecular weight excluding hydrogens is 214 g/mol. The summed E-state index contributed by atoms with van der Waals surface area (Å²) in [6.45, 7) is 3.04. The number of anilines is 1. The second-order valence-corrected chi connectivity index (χ2v) is 4.56. The van der Waals surface area contributed by atoms with Crippen LogP contribution in [0.1, 0.15) is 12.5 Å². The predicted octanol–water partition coefficient (Wildman–Crippen LogP) is 1.28. The van der Waals surface area contributed by atoms with Crippen LogP contribution in [0.15, 0.2) is 24.3 Å². The normalized spacial score (nSPS) is 12.5. The van der Waals surface area contributed by atoms with E-state index in [1.165, 1.54) is 5.56 Å². The van der Waals surface area contributed by atoms with Crippen LogP contribution in [0, 0.1) is 5.92 Å². The summed E-state index contributed by atoms with van der Waals surface area (Å²) >= 11 is 0. The monoisotopic (exact) mass is 235 g/mol. The third-order valence-electron chi connectivity index (χ3n) is 2.49. The third-order valence-corrected chi connectivity index (χ3v) is 2.49. The lowest BCUT2D eigenvalue weighted by Crippen LogP contribution is -2.26. The standard InChI is InChI=1S/C13H21N3O/c1-10(8-14)13(17)15-12-6-4-5-11(7-12)9-16(2)3/h4-7,10H,8-9,14H2,1-3H3,(H,15,17). The minimum absolute atomic E-state index is 0.0329. The van der Waals surface area contributed by atoms with Gasteiger partial charge in [-0.25, -0.2) is 0 Å². The van der Waals surface area contributed by atoms with E-state index in [1.54, 1.807) is 0 Å². The van der Waals surface area contributed by atoms with Crippen molar-refractivity contribution >= 4 is 11.6 Å². The number of carbonyl (C=O) groups is 1. The fourth-order valence-electron chi connectivity index (χ4n) is 1.49. The van der Waals surface area contributed by atoms with Gasteiger partial charge in [-0.2, -0.15) is 0 Å². The van der Waals surface area contributed by atoms with Gasteiger partial charge in [-0.05, 0) is 31.8 Å². The first-order valence-corrected chi connectivity index (χ1v) is 5.77. The first-order valence-electron chi connectivity index (χ1n) is 5.77. The molecule has 0 aliphatic heterocycles. The highest BCUT2D eigenvalue weighted by Crippen LogP contribution is 2.12. The Bertz CT molecular complexity index is 377. The highest BCUT2D eigenvalue weighted by Gasteiger charge is 2.10. The first kappa shape index (κ1) is 13.7. The van der Waals surface area contributed by atoms with Crippen LogP contribution in [0.2, 0.25) is 0 Å². The molecule has 0 saturated carbocycles. The third kappa shape index (κ3) is 4.54. The van der Waals surface area contributed by atoms with Crippen LogP contribution in [-0.4, -0.2) is 31.4 Å². The van der Waals surface area contributed by atoms with E-state index in [0.29, 0.717) is 6.54 Å². The van der Waals surface area contributed by atoms with Crippen LogP contribution in [0.5, 0.6) is 0 Å². The summed E-state index contributed by atoms with van der Waals surface area (Å²) in [4.78, 5) is 13.8. The van der Waals surface area contributed by atoms with Gasteiger partial charge in [-0.1, -0.05) is 19.1 Å². The van der Waals surface area contributed by atoms with Crippen molar-refractivity contribution in [2.24, 2.45) is 11.7 Å². The first-order chi connectivity index (χ1) is 8.02. The minimum atomic E-state index is -0.160. The number of benzene rings is 1. The van der Waals surface area contributed by atoms with Gasteiger partial charge in [-0.3, -0.25) is 4.79 Å². The Labute approximate surface area is 103 Å². The Balaban J connectivity index is 2.68. The van der Waals surface area contributed by atoms with Gasteiger partial charge in [0.15, 0.2) is 0 Å². The maximum atomic E-state index is 11.7. The number of nitrogens with one attached hydrogen (secondary N) is 1. The van der Waals surface area contributed by atoms with Crippen molar-refractivity contribution in [3.05, 3.63) is 29.8 Å². The fraction of sp³-hybridized carbons (Fsp3) is 0.462. The molecule has 1 atom stereocenters. The summed E-state index contributed by atoms with van der Waals surface area (Å²) < 4.78 is 0. The molecule has 0 aromatic heterocycles. The second-order valence-electron chi connectivity index (χ2n) is 4.56. The summed E-state index contributed by atoms with van der Waals surface area (Å²) in [5.41, 5.74) is 7.46. The number of nitrogens with two attached hydrogens (primary N) is 1. The average molecular weight is 235 g/mol. The van der Waals surface area contributed by atoms with Gasteiger partial charge < -0.3 is 16.0 Å². The molecule has 0 fully saturated rings. The molecule has 4 nitrogen and oxygen atoms in total. The van der Waals surface area contributed by atoms with E-state index >= 15 is 0 Å². The Hall–Kier alpha value is -1.39. The Morgan fingerprint density at radius 1 is 1.47 bits per heavy atom. The van der Waals surface area contributed by atoms with Crippen molar-refractivity contribution < 1.29 is 4.79 Å². The molecule has 94 valence electrons. The van der Waals surface area contributed by atoms with Gasteiger partial charge in [0.2, 0.25) is 5.91 Å². The molecule has 0 saturated heterocycles. The lowest BCUT2D eigenvalue weighted by atomic mass is 10.1. The van der Waals surface area contributed by atoms with Crippen molar-refractivity contribution in [1.29, 1.82) is 0 Å².